The first-order valence-electron chi connectivity index (χ1n) is 4.21. The highest BCUT2D eigenvalue weighted by Gasteiger charge is 2.04. The highest BCUT2D eigenvalue weighted by Crippen LogP contribution is 2.21. The van der Waals surface area contributed by atoms with Crippen molar-refractivity contribution in [1.82, 2.24) is 0 Å². The molecule has 2 N–H and O–H groups in total. The Kier molecular flexibility index (Phi) is 4.44. The van der Waals surface area contributed by atoms with Gasteiger partial charge in [0, 0.05) is 13.2 Å². The van der Waals surface area contributed by atoms with E-state index in [1.54, 1.807) is 0 Å². The van der Waals surface area contributed by atoms with Crippen molar-refractivity contribution in [2.24, 2.45) is 5.73 Å². The van der Waals surface area contributed by atoms with Crippen LogP contribution in [-0.4, -0.2) is 6.04 Å². The summed E-state index contributed by atoms with van der Waals surface area (Å²) >= 11 is 4.75. The summed E-state index contributed by atoms with van der Waals surface area (Å²) in [6.07, 6.45) is 0.965. The fraction of sp³-hybridized carbons (Fsp3) is 0.400. The molecule has 3 heteroatoms. The number of rotatable bonds is 2. The van der Waals surface area contributed by atoms with Crippen LogP contribution in [0, 0.1) is 14.1 Å². The van der Waals surface area contributed by atoms with Crippen molar-refractivity contribution in [3.05, 3.63) is 30.4 Å². The van der Waals surface area contributed by atoms with Crippen molar-refractivity contribution in [3.8, 4) is 0 Å². The monoisotopic (exact) mass is 401 g/mol. The minimum Gasteiger partial charge on any atom is -0.328 e. The molecule has 1 nitrogen and oxygen atoms in total. The van der Waals surface area contributed by atoms with Crippen molar-refractivity contribution >= 4 is 45.2 Å². The lowest BCUT2D eigenvalue weighted by Crippen LogP contribution is -2.18. The number of halogens is 2. The van der Waals surface area contributed by atoms with E-state index in [1.807, 2.05) is 6.92 Å². The summed E-state index contributed by atoms with van der Waals surface area (Å²) in [7, 11) is 0. The predicted octanol–water partition coefficient (Wildman–Crippen LogP) is 3.09. The molecule has 0 aromatic heterocycles. The number of hydrogen-bond acceptors (Lipinski definition) is 1. The quantitative estimate of drug-likeness (QED) is 0.758. The van der Waals surface area contributed by atoms with Gasteiger partial charge in [-0.05, 0) is 88.7 Å². The lowest BCUT2D eigenvalue weighted by Gasteiger charge is -2.09. The van der Waals surface area contributed by atoms with Crippen LogP contribution in [0.25, 0.3) is 0 Å². The first-order valence-corrected chi connectivity index (χ1v) is 6.36. The molecule has 0 amide bonds. The molecule has 0 saturated heterocycles. The second-order valence-corrected chi connectivity index (χ2v) is 5.69. The number of nitrogens with two attached hydrogens (primary N) is 1. The summed E-state index contributed by atoms with van der Waals surface area (Å²) in [5.74, 6) is 0. The maximum Gasteiger partial charge on any atom is 0.0172 e. The zero-order valence-corrected chi connectivity index (χ0v) is 12.1. The third-order valence-electron chi connectivity index (χ3n) is 1.90. The molecule has 0 aliphatic heterocycles. The van der Waals surface area contributed by atoms with Gasteiger partial charge >= 0.3 is 0 Å². The summed E-state index contributed by atoms with van der Waals surface area (Å²) in [4.78, 5) is 0. The van der Waals surface area contributed by atoms with Crippen LogP contribution in [0.2, 0.25) is 0 Å². The van der Waals surface area contributed by atoms with E-state index >= 15 is 0 Å². The topological polar surface area (TPSA) is 26.0 Å². The van der Waals surface area contributed by atoms with E-state index in [-0.39, 0.29) is 6.04 Å². The molecular formula is C10H13I2N. The van der Waals surface area contributed by atoms with Crippen LogP contribution in [0.3, 0.4) is 0 Å². The molecule has 0 aliphatic rings. The van der Waals surface area contributed by atoms with Crippen LogP contribution in [0.1, 0.15) is 18.1 Å². The van der Waals surface area contributed by atoms with E-state index in [0.29, 0.717) is 0 Å². The highest BCUT2D eigenvalue weighted by atomic mass is 127. The highest BCUT2D eigenvalue weighted by molar-refractivity contribution is 14.1. The summed E-state index contributed by atoms with van der Waals surface area (Å²) in [5, 5.41) is 0. The van der Waals surface area contributed by atoms with Crippen molar-refractivity contribution in [2.75, 3.05) is 0 Å². The van der Waals surface area contributed by atoms with Crippen LogP contribution in [0.15, 0.2) is 12.1 Å². The molecule has 1 aromatic rings. The molecule has 1 rings (SSSR count). The summed E-state index contributed by atoms with van der Waals surface area (Å²) in [6.45, 7) is 4.19. The Balaban J connectivity index is 2.99. The van der Waals surface area contributed by atoms with E-state index < -0.39 is 0 Å². The molecule has 1 aromatic carbocycles. The molecule has 0 aliphatic carbocycles. The van der Waals surface area contributed by atoms with Gasteiger partial charge in [0.1, 0.15) is 0 Å². The van der Waals surface area contributed by atoms with E-state index in [2.05, 4.69) is 64.2 Å². The normalized spacial score (nSPS) is 13.0. The molecule has 1 atom stereocenters. The SMILES string of the molecule is Cc1c(I)cc(CC(C)N)cc1I. The predicted molar refractivity (Wildman–Crippen MR) is 74.0 cm³/mol. The average molecular weight is 401 g/mol. The molecule has 0 spiro atoms. The summed E-state index contributed by atoms with van der Waals surface area (Å²) in [6, 6.07) is 4.69. The van der Waals surface area contributed by atoms with Gasteiger partial charge < -0.3 is 5.73 Å². The Morgan fingerprint density at radius 3 is 2.15 bits per heavy atom. The zero-order chi connectivity index (χ0) is 10.0. The average Bonchev–Trinajstić information content (AvgIpc) is 1.98. The first-order chi connectivity index (χ1) is 6.00. The minimum atomic E-state index is 0.245. The molecule has 0 heterocycles. The first kappa shape index (κ1) is 11.7. The van der Waals surface area contributed by atoms with Gasteiger partial charge in [0.05, 0.1) is 0 Å². The Hall–Kier alpha value is 0.640. The largest absolute Gasteiger partial charge is 0.328 e. The van der Waals surface area contributed by atoms with E-state index in [4.69, 9.17) is 5.73 Å². The number of benzene rings is 1. The Labute approximate surface area is 107 Å². The molecule has 72 valence electrons. The van der Waals surface area contributed by atoms with Crippen molar-refractivity contribution in [3.63, 3.8) is 0 Å². The maximum absolute atomic E-state index is 5.76. The second-order valence-electron chi connectivity index (χ2n) is 3.37. The Morgan fingerprint density at radius 2 is 1.77 bits per heavy atom. The van der Waals surface area contributed by atoms with Crippen molar-refractivity contribution in [2.45, 2.75) is 26.3 Å². The zero-order valence-electron chi connectivity index (χ0n) is 7.77. The van der Waals surface area contributed by atoms with Crippen LogP contribution in [0.5, 0.6) is 0 Å². The van der Waals surface area contributed by atoms with Gasteiger partial charge in [-0.1, -0.05) is 0 Å². The van der Waals surface area contributed by atoms with E-state index in [0.717, 1.165) is 6.42 Å². The van der Waals surface area contributed by atoms with Gasteiger partial charge in [0.15, 0.2) is 0 Å². The third kappa shape index (κ3) is 3.36. The maximum atomic E-state index is 5.76. The summed E-state index contributed by atoms with van der Waals surface area (Å²) in [5.41, 5.74) is 8.47. The molecule has 0 bridgehead atoms. The van der Waals surface area contributed by atoms with E-state index in [1.165, 1.54) is 18.3 Å². The van der Waals surface area contributed by atoms with Crippen LogP contribution >= 0.6 is 45.2 Å². The molecular weight excluding hydrogens is 388 g/mol. The van der Waals surface area contributed by atoms with Gasteiger partial charge in [-0.15, -0.1) is 0 Å². The summed E-state index contributed by atoms with van der Waals surface area (Å²) < 4.78 is 2.67. The van der Waals surface area contributed by atoms with Gasteiger partial charge in [-0.2, -0.15) is 0 Å². The molecule has 13 heavy (non-hydrogen) atoms. The second kappa shape index (κ2) is 4.93. The van der Waals surface area contributed by atoms with Gasteiger partial charge in [-0.25, -0.2) is 0 Å². The lowest BCUT2D eigenvalue weighted by molar-refractivity contribution is 0.737. The van der Waals surface area contributed by atoms with Gasteiger partial charge in [0.2, 0.25) is 0 Å². The standard InChI is InChI=1S/C10H13I2N/c1-6(13)3-8-4-9(11)7(2)10(12)5-8/h4-6H,3,13H2,1-2H3. The molecule has 0 saturated carbocycles. The lowest BCUT2D eigenvalue weighted by atomic mass is 10.1. The van der Waals surface area contributed by atoms with Crippen LogP contribution in [0.4, 0.5) is 0 Å². The molecule has 1 unspecified atom stereocenters. The van der Waals surface area contributed by atoms with E-state index in [9.17, 15) is 0 Å². The Bertz CT molecular complexity index is 285. The van der Waals surface area contributed by atoms with Crippen molar-refractivity contribution in [1.29, 1.82) is 0 Å². The van der Waals surface area contributed by atoms with Crippen LogP contribution in [-0.2, 0) is 6.42 Å². The minimum absolute atomic E-state index is 0.245. The van der Waals surface area contributed by atoms with Crippen LogP contribution < -0.4 is 5.73 Å². The third-order valence-corrected chi connectivity index (χ3v) is 4.14. The molecule has 0 radical (unpaired) electrons. The van der Waals surface area contributed by atoms with Gasteiger partial charge in [0.25, 0.3) is 0 Å². The fourth-order valence-corrected chi connectivity index (χ4v) is 3.08. The smallest absolute Gasteiger partial charge is 0.0172 e. The molecule has 0 fully saturated rings. The fourth-order valence-electron chi connectivity index (χ4n) is 1.19. The van der Waals surface area contributed by atoms with Gasteiger partial charge in [-0.3, -0.25) is 0 Å². The van der Waals surface area contributed by atoms with Crippen molar-refractivity contribution < 1.29 is 0 Å². The number of hydrogen-bond donors (Lipinski definition) is 1. The Morgan fingerprint density at radius 1 is 1.31 bits per heavy atom.